The van der Waals surface area contributed by atoms with E-state index in [1.165, 1.54) is 0 Å². The molecule has 0 atom stereocenters. The lowest BCUT2D eigenvalue weighted by Gasteiger charge is -2.28. The molecule has 3 aromatic heterocycles. The molecule has 0 radical (unpaired) electrons. The van der Waals surface area contributed by atoms with Crippen LogP contribution in [-0.4, -0.2) is 49.2 Å². The molecule has 7 heteroatoms. The van der Waals surface area contributed by atoms with Crippen LogP contribution in [0.15, 0.2) is 47.7 Å². The second kappa shape index (κ2) is 6.53. The van der Waals surface area contributed by atoms with Crippen molar-refractivity contribution in [3.8, 4) is 11.3 Å². The first-order valence-electron chi connectivity index (χ1n) is 9.58. The maximum atomic E-state index is 12.8. The number of likely N-dealkylation sites (tertiary alicyclic amines) is 1. The van der Waals surface area contributed by atoms with Gasteiger partial charge in [-0.25, -0.2) is 4.98 Å². The van der Waals surface area contributed by atoms with Gasteiger partial charge in [-0.1, -0.05) is 6.07 Å². The summed E-state index contributed by atoms with van der Waals surface area (Å²) in [6, 6.07) is 7.52. The van der Waals surface area contributed by atoms with Crippen LogP contribution in [0.5, 0.6) is 0 Å². The molecular weight excluding hydrogens is 352 g/mol. The van der Waals surface area contributed by atoms with Gasteiger partial charge in [0.15, 0.2) is 5.65 Å². The maximum Gasteiger partial charge on any atom is 0.258 e. The average molecular weight is 374 g/mol. The molecule has 28 heavy (non-hydrogen) atoms. The molecule has 4 heterocycles. The molecule has 1 aliphatic rings. The van der Waals surface area contributed by atoms with Crippen molar-refractivity contribution in [3.63, 3.8) is 0 Å². The van der Waals surface area contributed by atoms with Gasteiger partial charge < -0.3 is 4.90 Å². The second-order valence-electron chi connectivity index (χ2n) is 7.67. The van der Waals surface area contributed by atoms with Crippen molar-refractivity contribution < 1.29 is 0 Å². The number of hydrogen-bond donors (Lipinski definition) is 0. The van der Waals surface area contributed by atoms with Crippen molar-refractivity contribution in [3.05, 3.63) is 58.9 Å². The Hall–Kier alpha value is -3.06. The fourth-order valence-corrected chi connectivity index (χ4v) is 4.00. The first kappa shape index (κ1) is 17.1. The molecule has 0 aliphatic carbocycles. The summed E-state index contributed by atoms with van der Waals surface area (Å²) in [5, 5.41) is 5.42. The summed E-state index contributed by atoms with van der Waals surface area (Å²) >= 11 is 0. The molecule has 0 unspecified atom stereocenters. The normalized spacial score (nSPS) is 16.2. The third-order valence-corrected chi connectivity index (χ3v) is 5.62. The van der Waals surface area contributed by atoms with Crippen LogP contribution in [-0.2, 0) is 7.05 Å². The van der Waals surface area contributed by atoms with E-state index in [1.54, 1.807) is 21.3 Å². The number of hydrogen-bond acceptors (Lipinski definition) is 5. The van der Waals surface area contributed by atoms with Gasteiger partial charge in [0.05, 0.1) is 23.1 Å². The number of nitrogens with zero attached hydrogens (tertiary/aromatic N) is 6. The van der Waals surface area contributed by atoms with Crippen molar-refractivity contribution >= 4 is 16.6 Å². The molecule has 1 aliphatic heterocycles. The zero-order valence-electron chi connectivity index (χ0n) is 16.0. The van der Waals surface area contributed by atoms with E-state index < -0.39 is 0 Å². The minimum atomic E-state index is -0.0807. The number of piperidine rings is 1. The van der Waals surface area contributed by atoms with Crippen LogP contribution in [0.3, 0.4) is 0 Å². The van der Waals surface area contributed by atoms with Crippen LogP contribution in [0.25, 0.3) is 27.8 Å². The summed E-state index contributed by atoms with van der Waals surface area (Å²) in [6.07, 6.45) is 7.69. The minimum Gasteiger partial charge on any atom is -0.306 e. The largest absolute Gasteiger partial charge is 0.306 e. The van der Waals surface area contributed by atoms with E-state index >= 15 is 0 Å². The predicted molar refractivity (Wildman–Crippen MR) is 108 cm³/mol. The predicted octanol–water partition coefficient (Wildman–Crippen LogP) is 2.45. The smallest absolute Gasteiger partial charge is 0.258 e. The molecule has 0 spiro atoms. The van der Waals surface area contributed by atoms with Crippen LogP contribution in [0.2, 0.25) is 0 Å². The third-order valence-electron chi connectivity index (χ3n) is 5.62. The summed E-state index contributed by atoms with van der Waals surface area (Å²) < 4.78 is 3.40. The quantitative estimate of drug-likeness (QED) is 0.539. The van der Waals surface area contributed by atoms with Crippen molar-refractivity contribution in [2.75, 3.05) is 20.1 Å². The second-order valence-corrected chi connectivity index (χ2v) is 7.67. The molecule has 4 aromatic rings. The van der Waals surface area contributed by atoms with Gasteiger partial charge in [0, 0.05) is 42.4 Å². The zero-order chi connectivity index (χ0) is 19.3. The summed E-state index contributed by atoms with van der Waals surface area (Å²) in [5.74, 6) is 0.403. The number of rotatable bonds is 2. The molecule has 5 rings (SSSR count). The summed E-state index contributed by atoms with van der Waals surface area (Å²) in [5.41, 5.74) is 3.96. The lowest BCUT2D eigenvalue weighted by Crippen LogP contribution is -2.30. The Morgan fingerprint density at radius 3 is 2.71 bits per heavy atom. The van der Waals surface area contributed by atoms with Crippen LogP contribution >= 0.6 is 0 Å². The fourth-order valence-electron chi connectivity index (χ4n) is 4.00. The van der Waals surface area contributed by atoms with Crippen molar-refractivity contribution in [2.45, 2.75) is 18.8 Å². The molecule has 1 saturated heterocycles. The van der Waals surface area contributed by atoms with Crippen molar-refractivity contribution in [2.24, 2.45) is 7.05 Å². The topological polar surface area (TPSA) is 68.3 Å². The van der Waals surface area contributed by atoms with Gasteiger partial charge in [0.25, 0.3) is 5.56 Å². The number of fused-ring (bicyclic) bond motifs is 2. The van der Waals surface area contributed by atoms with E-state index in [-0.39, 0.29) is 5.56 Å². The van der Waals surface area contributed by atoms with Gasteiger partial charge in [0.2, 0.25) is 0 Å². The molecule has 142 valence electrons. The highest BCUT2D eigenvalue weighted by atomic mass is 16.1. The minimum absolute atomic E-state index is 0.0807. The molecule has 0 amide bonds. The Labute approximate surface area is 162 Å². The van der Waals surface area contributed by atoms with Crippen LogP contribution < -0.4 is 5.56 Å². The molecule has 0 saturated carbocycles. The van der Waals surface area contributed by atoms with Gasteiger partial charge in [-0.2, -0.15) is 5.10 Å². The van der Waals surface area contributed by atoms with E-state index in [4.69, 9.17) is 0 Å². The highest BCUT2D eigenvalue weighted by Gasteiger charge is 2.20. The Kier molecular flexibility index (Phi) is 3.98. The van der Waals surface area contributed by atoms with Gasteiger partial charge in [-0.3, -0.25) is 18.9 Å². The lowest BCUT2D eigenvalue weighted by molar-refractivity contribution is 0.253. The molecule has 0 bridgehead atoms. The Balaban J connectivity index is 1.54. The molecule has 1 aromatic carbocycles. The maximum absolute atomic E-state index is 12.8. The van der Waals surface area contributed by atoms with Crippen LogP contribution in [0.1, 0.15) is 24.5 Å². The van der Waals surface area contributed by atoms with E-state index in [0.29, 0.717) is 17.3 Å². The van der Waals surface area contributed by atoms with Crippen molar-refractivity contribution in [1.82, 2.24) is 29.0 Å². The third kappa shape index (κ3) is 2.97. The summed E-state index contributed by atoms with van der Waals surface area (Å²) in [4.78, 5) is 24.4. The Morgan fingerprint density at radius 2 is 1.89 bits per heavy atom. The van der Waals surface area contributed by atoms with E-state index in [9.17, 15) is 4.79 Å². The average Bonchev–Trinajstić information content (AvgIpc) is 3.07. The Morgan fingerprint density at radius 1 is 1.07 bits per heavy atom. The monoisotopic (exact) mass is 374 g/mol. The first-order valence-corrected chi connectivity index (χ1v) is 9.58. The molecular formula is C21H22N6O. The number of aryl methyl sites for hydroxylation is 1. The van der Waals surface area contributed by atoms with Crippen LogP contribution in [0, 0.1) is 0 Å². The van der Waals surface area contributed by atoms with Gasteiger partial charge >= 0.3 is 0 Å². The Bertz CT molecular complexity index is 1230. The van der Waals surface area contributed by atoms with E-state index in [1.807, 2.05) is 37.6 Å². The molecule has 0 N–H and O–H groups in total. The lowest BCUT2D eigenvalue weighted by atomic mass is 9.94. The molecule has 1 fully saturated rings. The summed E-state index contributed by atoms with van der Waals surface area (Å²) in [6.45, 7) is 2.13. The van der Waals surface area contributed by atoms with Gasteiger partial charge in [-0.15, -0.1) is 0 Å². The number of aromatic nitrogens is 5. The summed E-state index contributed by atoms with van der Waals surface area (Å²) in [7, 11) is 4.04. The zero-order valence-corrected chi connectivity index (χ0v) is 16.0. The van der Waals surface area contributed by atoms with Gasteiger partial charge in [0.1, 0.15) is 0 Å². The fraction of sp³-hybridized carbons (Fsp3) is 0.333. The van der Waals surface area contributed by atoms with E-state index in [0.717, 1.165) is 48.1 Å². The highest BCUT2D eigenvalue weighted by Crippen LogP contribution is 2.26. The highest BCUT2D eigenvalue weighted by molar-refractivity contribution is 5.83. The SMILES string of the molecule is CN1CCC(c2cn3c(=O)cc(-c4ccc5nn(C)cc5c4)nc3cn2)CC1. The van der Waals surface area contributed by atoms with Crippen molar-refractivity contribution in [1.29, 1.82) is 0 Å². The van der Waals surface area contributed by atoms with Gasteiger partial charge in [-0.05, 0) is 45.1 Å². The first-order chi connectivity index (χ1) is 13.6. The van der Waals surface area contributed by atoms with E-state index in [2.05, 4.69) is 27.0 Å². The van der Waals surface area contributed by atoms with Crippen LogP contribution in [0.4, 0.5) is 0 Å². The molecule has 7 nitrogen and oxygen atoms in total. The number of benzene rings is 1. The standard InChI is InChI=1S/C21H22N6O/c1-25-7-5-14(6-8-25)19-13-27-20(11-22-19)23-18(10-21(27)28)15-3-4-17-16(9-15)12-26(2)24-17/h3-4,9-14H,5-8H2,1-2H3.